The maximum absolute atomic E-state index is 13.4. The number of rotatable bonds is 2. The van der Waals surface area contributed by atoms with E-state index in [1.165, 1.54) is 9.47 Å². The summed E-state index contributed by atoms with van der Waals surface area (Å²) in [6.45, 7) is -0.0204. The fourth-order valence-corrected chi connectivity index (χ4v) is 5.51. The van der Waals surface area contributed by atoms with E-state index >= 15 is 0 Å². The van der Waals surface area contributed by atoms with Crippen LogP contribution in [0.15, 0.2) is 65.5 Å². The van der Waals surface area contributed by atoms with E-state index in [2.05, 4.69) is 5.32 Å². The molecule has 1 saturated heterocycles. The van der Waals surface area contributed by atoms with E-state index in [9.17, 15) is 41.0 Å². The number of carbonyl (C=O) groups excluding carboxylic acids is 1. The molecule has 13 heteroatoms. The molecule has 202 valence electrons. The zero-order chi connectivity index (χ0) is 27.9. The van der Waals surface area contributed by atoms with E-state index in [-0.39, 0.29) is 30.6 Å². The summed E-state index contributed by atoms with van der Waals surface area (Å²) in [6.07, 6.45) is -9.88. The van der Waals surface area contributed by atoms with Gasteiger partial charge in [0.2, 0.25) is 5.88 Å². The number of nitrogens with one attached hydrogen (secondary N) is 1. The molecule has 4 aromatic rings. The number of amides is 2. The van der Waals surface area contributed by atoms with Crippen molar-refractivity contribution in [3.63, 3.8) is 0 Å². The van der Waals surface area contributed by atoms with Gasteiger partial charge in [0.15, 0.2) is 0 Å². The van der Waals surface area contributed by atoms with Gasteiger partial charge in [-0.3, -0.25) is 4.57 Å². The number of imidazole rings is 1. The molecule has 7 nitrogen and oxygen atoms in total. The van der Waals surface area contributed by atoms with Gasteiger partial charge in [0, 0.05) is 17.6 Å². The molecule has 3 heterocycles. The minimum Gasteiger partial charge on any atom is -0.493 e. The van der Waals surface area contributed by atoms with Gasteiger partial charge in [-0.2, -0.15) is 26.3 Å². The zero-order valence-electron chi connectivity index (χ0n) is 19.7. The first-order chi connectivity index (χ1) is 18.3. The molecule has 2 unspecified atom stereocenters. The normalized spacial score (nSPS) is 18.6. The number of likely N-dealkylation sites (tertiary alicyclic amines) is 1. The number of urea groups is 1. The highest BCUT2D eigenvalue weighted by molar-refractivity contribution is 5.91. The van der Waals surface area contributed by atoms with E-state index in [0.717, 1.165) is 9.95 Å². The monoisotopic (exact) mass is 548 g/mol. The van der Waals surface area contributed by atoms with E-state index < -0.39 is 53.0 Å². The van der Waals surface area contributed by atoms with Gasteiger partial charge >= 0.3 is 24.1 Å². The summed E-state index contributed by atoms with van der Waals surface area (Å²) in [6, 6.07) is 11.0. The number of fused-ring (bicyclic) bond motifs is 6. The summed E-state index contributed by atoms with van der Waals surface area (Å²) in [4.78, 5) is 27.6. The molecule has 3 aromatic carbocycles. The number of halogens is 6. The van der Waals surface area contributed by atoms with Crippen molar-refractivity contribution in [3.05, 3.63) is 88.0 Å². The van der Waals surface area contributed by atoms with E-state index in [1.807, 2.05) is 18.2 Å². The molecule has 2 N–H and O–H groups in total. The Morgan fingerprint density at radius 2 is 1.56 bits per heavy atom. The molecular weight excluding hydrogens is 530 g/mol. The number of carbonyl (C=O) groups is 1. The summed E-state index contributed by atoms with van der Waals surface area (Å²) in [5.74, 6) is -0.389. The number of aromatic nitrogens is 2. The Bertz CT molecular complexity index is 1670. The van der Waals surface area contributed by atoms with Crippen LogP contribution in [0.5, 0.6) is 5.88 Å². The highest BCUT2D eigenvalue weighted by Crippen LogP contribution is 2.49. The van der Waals surface area contributed by atoms with Crippen LogP contribution in [0.3, 0.4) is 0 Å². The summed E-state index contributed by atoms with van der Waals surface area (Å²) >= 11 is 0. The Morgan fingerprint density at radius 1 is 0.923 bits per heavy atom. The van der Waals surface area contributed by atoms with Crippen LogP contribution in [0.2, 0.25) is 0 Å². The average molecular weight is 548 g/mol. The summed E-state index contributed by atoms with van der Waals surface area (Å²) in [7, 11) is 0. The molecule has 0 radical (unpaired) electrons. The molecule has 0 spiro atoms. The minimum atomic E-state index is -5.07. The molecule has 1 aromatic heterocycles. The Hall–Kier alpha value is -4.42. The fraction of sp³-hybridized carbons (Fsp3) is 0.231. The van der Waals surface area contributed by atoms with Crippen LogP contribution in [0.4, 0.5) is 36.8 Å². The van der Waals surface area contributed by atoms with Crippen LogP contribution < -0.4 is 11.0 Å². The van der Waals surface area contributed by atoms with Gasteiger partial charge in [-0.05, 0) is 36.1 Å². The molecule has 2 bridgehead atoms. The van der Waals surface area contributed by atoms with Gasteiger partial charge in [0.1, 0.15) is 5.69 Å². The highest BCUT2D eigenvalue weighted by Gasteiger charge is 2.49. The van der Waals surface area contributed by atoms with Gasteiger partial charge < -0.3 is 15.3 Å². The fourth-order valence-electron chi connectivity index (χ4n) is 5.51. The molecule has 2 aliphatic heterocycles. The average Bonchev–Trinajstić information content (AvgIpc) is 3.54. The molecular formula is C26H18F6N4O3. The largest absolute Gasteiger partial charge is 0.493 e. The summed E-state index contributed by atoms with van der Waals surface area (Å²) in [5.41, 5.74) is -3.74. The third kappa shape index (κ3) is 3.91. The van der Waals surface area contributed by atoms with Crippen LogP contribution >= 0.6 is 0 Å². The van der Waals surface area contributed by atoms with E-state index in [0.29, 0.717) is 23.2 Å². The van der Waals surface area contributed by atoms with Crippen molar-refractivity contribution in [1.29, 1.82) is 0 Å². The number of benzene rings is 3. The van der Waals surface area contributed by atoms with Crippen molar-refractivity contribution in [2.75, 3.05) is 11.9 Å². The van der Waals surface area contributed by atoms with Gasteiger partial charge in [0.05, 0.1) is 28.9 Å². The van der Waals surface area contributed by atoms with Crippen molar-refractivity contribution in [2.24, 2.45) is 0 Å². The Morgan fingerprint density at radius 3 is 2.23 bits per heavy atom. The smallest absolute Gasteiger partial charge is 0.416 e. The number of aromatic hydroxyl groups is 1. The van der Waals surface area contributed by atoms with Crippen molar-refractivity contribution >= 4 is 22.5 Å². The van der Waals surface area contributed by atoms with Crippen molar-refractivity contribution < 1.29 is 36.2 Å². The lowest BCUT2D eigenvalue weighted by atomic mass is 10.1. The van der Waals surface area contributed by atoms with Gasteiger partial charge in [-0.15, -0.1) is 0 Å². The minimum absolute atomic E-state index is 0.0204. The molecule has 2 atom stereocenters. The first-order valence-electron chi connectivity index (χ1n) is 11.8. The lowest BCUT2D eigenvalue weighted by Crippen LogP contribution is -2.40. The van der Waals surface area contributed by atoms with E-state index in [4.69, 9.17) is 0 Å². The highest BCUT2D eigenvalue weighted by atomic mass is 19.4. The van der Waals surface area contributed by atoms with Crippen LogP contribution in [-0.2, 0) is 12.4 Å². The third-order valence-corrected chi connectivity index (χ3v) is 7.16. The molecule has 2 aliphatic rings. The van der Waals surface area contributed by atoms with Crippen molar-refractivity contribution in [2.45, 2.75) is 30.9 Å². The molecule has 39 heavy (non-hydrogen) atoms. The topological polar surface area (TPSA) is 79.5 Å². The second-order valence-electron chi connectivity index (χ2n) is 9.48. The predicted molar refractivity (Wildman–Crippen MR) is 128 cm³/mol. The number of alkyl halides is 6. The van der Waals surface area contributed by atoms with E-state index in [1.54, 1.807) is 24.3 Å². The van der Waals surface area contributed by atoms with Gasteiger partial charge in [-0.25, -0.2) is 14.2 Å². The molecule has 1 fully saturated rings. The quantitative estimate of drug-likeness (QED) is 0.299. The van der Waals surface area contributed by atoms with Crippen molar-refractivity contribution in [1.82, 2.24) is 14.0 Å². The lowest BCUT2D eigenvalue weighted by Gasteiger charge is -2.28. The number of nitrogens with zero attached hydrogens (tertiary/aromatic N) is 3. The Kier molecular flexibility index (Phi) is 5.29. The number of anilines is 1. The Labute approximate surface area is 215 Å². The SMILES string of the molecule is O=C(Nc1cc(C(F)(F)F)cc(C(F)(F)F)c1)N1CC2CC1c1c(O)n(-c3cccc4ccccc34)c(=O)n12. The molecule has 0 saturated carbocycles. The zero-order valence-corrected chi connectivity index (χ0v) is 19.7. The second kappa shape index (κ2) is 8.29. The first-order valence-corrected chi connectivity index (χ1v) is 11.8. The van der Waals surface area contributed by atoms with Crippen LogP contribution in [0.25, 0.3) is 16.5 Å². The predicted octanol–water partition coefficient (Wildman–Crippen LogP) is 6.07. The van der Waals surface area contributed by atoms with Crippen LogP contribution in [0.1, 0.15) is 35.3 Å². The first kappa shape index (κ1) is 24.9. The number of hydrogen-bond donors (Lipinski definition) is 2. The van der Waals surface area contributed by atoms with Gasteiger partial charge in [0.25, 0.3) is 0 Å². The lowest BCUT2D eigenvalue weighted by molar-refractivity contribution is -0.143. The maximum atomic E-state index is 13.4. The van der Waals surface area contributed by atoms with Gasteiger partial charge in [-0.1, -0.05) is 36.4 Å². The maximum Gasteiger partial charge on any atom is 0.416 e. The third-order valence-electron chi connectivity index (χ3n) is 7.16. The van der Waals surface area contributed by atoms with Crippen LogP contribution in [-0.4, -0.2) is 31.7 Å². The summed E-state index contributed by atoms with van der Waals surface area (Å²) in [5, 5.41) is 14.8. The Balaban J connectivity index is 1.35. The van der Waals surface area contributed by atoms with Crippen molar-refractivity contribution in [3.8, 4) is 11.6 Å². The molecule has 6 rings (SSSR count). The standard InChI is InChI=1S/C26H18F6N4O3/c27-25(28,29)14-8-15(26(30,31)32)10-16(9-14)33-23(38)34-12-17-11-20(34)21-22(37)36(24(39)35(17)21)19-7-3-5-13-4-1-2-6-18(13)19/h1-10,17,20,37H,11-12H2,(H,33,38). The van der Waals surface area contributed by atoms with Crippen LogP contribution in [0, 0.1) is 0 Å². The molecule has 0 aliphatic carbocycles. The molecule has 2 amide bonds. The summed E-state index contributed by atoms with van der Waals surface area (Å²) < 4.78 is 81.9. The second-order valence-corrected chi connectivity index (χ2v) is 9.48. The number of hydrogen-bond acceptors (Lipinski definition) is 3.